The molecule has 0 bridgehead atoms. The average Bonchev–Trinajstić information content (AvgIpc) is 2.77. The fraction of sp³-hybridized carbons (Fsp3) is 0.375. The Kier molecular flexibility index (Phi) is 5.47. The standard InChI is InChI=1S/C16H19NO3S2/c1-5-19-13-9(3)7-11(10(4)14(13)20-6-2)8-12-15(21)17-16(18)22-12/h7-8H,5-6H2,1-4H3,(H,17,18,21)/b12-8+. The Morgan fingerprint density at radius 2 is 1.86 bits per heavy atom. The number of benzene rings is 1. The van der Waals surface area contributed by atoms with Gasteiger partial charge in [0.15, 0.2) is 11.5 Å². The lowest BCUT2D eigenvalue weighted by Gasteiger charge is -2.18. The smallest absolute Gasteiger partial charge is 0.289 e. The molecular weight excluding hydrogens is 318 g/mol. The highest BCUT2D eigenvalue weighted by Crippen LogP contribution is 2.38. The van der Waals surface area contributed by atoms with Gasteiger partial charge in [0.2, 0.25) is 0 Å². The molecule has 0 radical (unpaired) electrons. The highest BCUT2D eigenvalue weighted by Gasteiger charge is 2.23. The number of rotatable bonds is 5. The lowest BCUT2D eigenvalue weighted by atomic mass is 10.0. The topological polar surface area (TPSA) is 47.6 Å². The van der Waals surface area contributed by atoms with Crippen LogP contribution in [0.4, 0.5) is 4.79 Å². The van der Waals surface area contributed by atoms with Gasteiger partial charge in [-0.1, -0.05) is 12.2 Å². The van der Waals surface area contributed by atoms with E-state index in [1.54, 1.807) is 0 Å². The van der Waals surface area contributed by atoms with E-state index in [9.17, 15) is 4.79 Å². The molecule has 1 aromatic rings. The first-order valence-corrected chi connectivity index (χ1v) is 8.35. The van der Waals surface area contributed by atoms with Gasteiger partial charge in [0.1, 0.15) is 4.99 Å². The van der Waals surface area contributed by atoms with Crippen LogP contribution in [0.25, 0.3) is 6.08 Å². The molecule has 1 aliphatic heterocycles. The van der Waals surface area contributed by atoms with Crippen LogP contribution in [0.15, 0.2) is 11.0 Å². The zero-order valence-corrected chi connectivity index (χ0v) is 14.7. The first kappa shape index (κ1) is 16.8. The second kappa shape index (κ2) is 7.15. The molecule has 0 unspecified atom stereocenters. The van der Waals surface area contributed by atoms with Crippen molar-refractivity contribution in [3.05, 3.63) is 27.7 Å². The number of carbonyl (C=O) groups is 1. The fourth-order valence-corrected chi connectivity index (χ4v) is 3.27. The van der Waals surface area contributed by atoms with Crippen LogP contribution < -0.4 is 14.8 Å². The van der Waals surface area contributed by atoms with Crippen molar-refractivity contribution in [2.75, 3.05) is 13.2 Å². The Bertz CT molecular complexity index is 653. The summed E-state index contributed by atoms with van der Waals surface area (Å²) in [5.74, 6) is 1.53. The van der Waals surface area contributed by atoms with Gasteiger partial charge in [-0.25, -0.2) is 0 Å². The van der Waals surface area contributed by atoms with Crippen molar-refractivity contribution < 1.29 is 14.3 Å². The molecule has 1 saturated heterocycles. The number of hydrogen-bond donors (Lipinski definition) is 1. The number of carbonyl (C=O) groups excluding carboxylic acids is 1. The maximum Gasteiger partial charge on any atom is 0.289 e. The lowest BCUT2D eigenvalue weighted by Crippen LogP contribution is -2.15. The third-order valence-corrected chi connectivity index (χ3v) is 4.50. The van der Waals surface area contributed by atoms with Crippen LogP contribution in [0.1, 0.15) is 30.5 Å². The molecule has 0 spiro atoms. The van der Waals surface area contributed by atoms with E-state index >= 15 is 0 Å². The fourth-order valence-electron chi connectivity index (χ4n) is 2.24. The van der Waals surface area contributed by atoms with Crippen LogP contribution in [0.5, 0.6) is 11.5 Å². The Balaban J connectivity index is 2.51. The largest absolute Gasteiger partial charge is 0.490 e. The molecule has 0 aromatic heterocycles. The van der Waals surface area contributed by atoms with Crippen molar-refractivity contribution in [3.63, 3.8) is 0 Å². The lowest BCUT2D eigenvalue weighted by molar-refractivity contribution is 0.265. The highest BCUT2D eigenvalue weighted by atomic mass is 32.2. The minimum absolute atomic E-state index is 0.137. The monoisotopic (exact) mass is 337 g/mol. The van der Waals surface area contributed by atoms with Gasteiger partial charge in [-0.05, 0) is 62.7 Å². The van der Waals surface area contributed by atoms with Crippen molar-refractivity contribution in [1.82, 2.24) is 5.32 Å². The second-order valence-electron chi connectivity index (χ2n) is 4.78. The molecule has 6 heteroatoms. The number of thioether (sulfide) groups is 1. The molecule has 118 valence electrons. The maximum absolute atomic E-state index is 11.4. The Hall–Kier alpha value is -1.53. The molecular formula is C16H19NO3S2. The third kappa shape index (κ3) is 3.44. The van der Waals surface area contributed by atoms with Gasteiger partial charge in [0.05, 0.1) is 18.1 Å². The van der Waals surface area contributed by atoms with Gasteiger partial charge >= 0.3 is 0 Å². The summed E-state index contributed by atoms with van der Waals surface area (Å²) in [5, 5.41) is 2.49. The average molecular weight is 337 g/mol. The maximum atomic E-state index is 11.4. The zero-order chi connectivity index (χ0) is 16.3. The van der Waals surface area contributed by atoms with Gasteiger partial charge in [0, 0.05) is 5.56 Å². The van der Waals surface area contributed by atoms with Gasteiger partial charge in [-0.15, -0.1) is 0 Å². The van der Waals surface area contributed by atoms with E-state index in [0.717, 1.165) is 44.9 Å². The van der Waals surface area contributed by atoms with E-state index in [2.05, 4.69) is 5.32 Å². The van der Waals surface area contributed by atoms with E-state index < -0.39 is 0 Å². The number of ether oxygens (including phenoxy) is 2. The molecule has 1 fully saturated rings. The van der Waals surface area contributed by atoms with E-state index in [1.807, 2.05) is 39.8 Å². The van der Waals surface area contributed by atoms with E-state index in [-0.39, 0.29) is 5.24 Å². The van der Waals surface area contributed by atoms with Crippen molar-refractivity contribution >= 4 is 40.3 Å². The number of amides is 1. The normalized spacial score (nSPS) is 16.1. The Labute approximate surface area is 140 Å². The molecule has 1 amide bonds. The number of thiocarbonyl (C=S) groups is 1. The Morgan fingerprint density at radius 1 is 1.23 bits per heavy atom. The first-order chi connectivity index (χ1) is 10.5. The predicted molar refractivity (Wildman–Crippen MR) is 95.0 cm³/mol. The summed E-state index contributed by atoms with van der Waals surface area (Å²) in [6.07, 6.45) is 1.92. The van der Waals surface area contributed by atoms with Crippen molar-refractivity contribution in [3.8, 4) is 11.5 Å². The number of hydrogen-bond acceptors (Lipinski definition) is 5. The predicted octanol–water partition coefficient (Wildman–Crippen LogP) is 4.23. The van der Waals surface area contributed by atoms with Crippen molar-refractivity contribution in [2.45, 2.75) is 27.7 Å². The summed E-state index contributed by atoms with van der Waals surface area (Å²) in [7, 11) is 0. The van der Waals surface area contributed by atoms with Crippen molar-refractivity contribution in [2.24, 2.45) is 0 Å². The summed E-state index contributed by atoms with van der Waals surface area (Å²) in [6, 6.07) is 2.03. The summed E-state index contributed by atoms with van der Waals surface area (Å²) in [6.45, 7) is 9.01. The van der Waals surface area contributed by atoms with Crippen LogP contribution in [0.2, 0.25) is 0 Å². The molecule has 1 N–H and O–H groups in total. The van der Waals surface area contributed by atoms with Gasteiger partial charge < -0.3 is 14.8 Å². The number of nitrogens with one attached hydrogen (secondary N) is 1. The minimum Gasteiger partial charge on any atom is -0.490 e. The third-order valence-electron chi connectivity index (χ3n) is 3.22. The van der Waals surface area contributed by atoms with Crippen LogP contribution in [0, 0.1) is 13.8 Å². The van der Waals surface area contributed by atoms with E-state index in [1.165, 1.54) is 0 Å². The second-order valence-corrected chi connectivity index (χ2v) is 6.21. The summed E-state index contributed by atoms with van der Waals surface area (Å²) < 4.78 is 11.5. The molecule has 0 aliphatic carbocycles. The zero-order valence-electron chi connectivity index (χ0n) is 13.1. The summed E-state index contributed by atoms with van der Waals surface area (Å²) in [5.41, 5.74) is 2.95. The summed E-state index contributed by atoms with van der Waals surface area (Å²) >= 11 is 6.28. The van der Waals surface area contributed by atoms with E-state index in [4.69, 9.17) is 21.7 Å². The molecule has 0 saturated carbocycles. The highest BCUT2D eigenvalue weighted by molar-refractivity contribution is 8.19. The Morgan fingerprint density at radius 3 is 2.41 bits per heavy atom. The van der Waals surface area contributed by atoms with Crippen molar-refractivity contribution in [1.29, 1.82) is 0 Å². The van der Waals surface area contributed by atoms with Crippen LogP contribution in [-0.4, -0.2) is 23.4 Å². The van der Waals surface area contributed by atoms with Crippen LogP contribution in [-0.2, 0) is 0 Å². The molecule has 2 rings (SSSR count). The first-order valence-electron chi connectivity index (χ1n) is 7.12. The molecule has 0 atom stereocenters. The van der Waals surface area contributed by atoms with Gasteiger partial charge in [-0.2, -0.15) is 0 Å². The molecule has 22 heavy (non-hydrogen) atoms. The summed E-state index contributed by atoms with van der Waals surface area (Å²) in [4.78, 5) is 12.6. The SMILES string of the molecule is CCOc1c(C)cc(/C=C2/SC(=O)NC2=S)c(C)c1OCC. The van der Waals surface area contributed by atoms with Gasteiger partial charge in [-0.3, -0.25) is 4.79 Å². The van der Waals surface area contributed by atoms with E-state index in [0.29, 0.717) is 18.2 Å². The quantitative estimate of drug-likeness (QED) is 0.644. The molecule has 1 aromatic carbocycles. The van der Waals surface area contributed by atoms with Gasteiger partial charge in [0.25, 0.3) is 5.24 Å². The minimum atomic E-state index is -0.137. The van der Waals surface area contributed by atoms with Crippen LogP contribution in [0.3, 0.4) is 0 Å². The molecule has 1 aliphatic rings. The molecule has 1 heterocycles. The molecule has 4 nitrogen and oxygen atoms in total. The van der Waals surface area contributed by atoms with Crippen LogP contribution >= 0.6 is 24.0 Å². The number of aryl methyl sites for hydroxylation is 1.